The first-order chi connectivity index (χ1) is 9.24. The Bertz CT molecular complexity index is 586. The fraction of sp³-hybridized carbons (Fsp3) is 0.231. The summed E-state index contributed by atoms with van der Waals surface area (Å²) >= 11 is 0. The van der Waals surface area contributed by atoms with Crippen LogP contribution in [0.3, 0.4) is 0 Å². The molecule has 0 saturated heterocycles. The number of nitrogens with two attached hydrogens (primary N) is 1. The number of nitrogens with one attached hydrogen (secondary N) is 2. The molecule has 19 heavy (non-hydrogen) atoms. The molecule has 98 valence electrons. The third-order valence-corrected chi connectivity index (χ3v) is 2.53. The van der Waals surface area contributed by atoms with Crippen molar-refractivity contribution >= 4 is 11.5 Å². The standard InChI is InChI=1S/C13H15N5O/c1-2-19-13-10(7-14)11(15)6-12(18-13)17-8-9-4-3-5-16-9/h3-6,16H,2,8H2,1H3,(H3,15,17,18). The Morgan fingerprint density at radius 1 is 1.58 bits per heavy atom. The Hall–Kier alpha value is -2.68. The van der Waals surface area contributed by atoms with Crippen LogP contribution in [0.2, 0.25) is 0 Å². The van der Waals surface area contributed by atoms with Gasteiger partial charge in [-0.2, -0.15) is 10.2 Å². The second-order valence-electron chi connectivity index (χ2n) is 3.87. The number of pyridine rings is 1. The maximum atomic E-state index is 9.02. The summed E-state index contributed by atoms with van der Waals surface area (Å²) in [6.45, 7) is 2.86. The summed E-state index contributed by atoms with van der Waals surface area (Å²) in [5.41, 5.74) is 7.48. The predicted octanol–water partition coefficient (Wildman–Crippen LogP) is 1.87. The van der Waals surface area contributed by atoms with E-state index in [0.717, 1.165) is 5.69 Å². The van der Waals surface area contributed by atoms with E-state index in [-0.39, 0.29) is 11.4 Å². The van der Waals surface area contributed by atoms with Gasteiger partial charge in [0.15, 0.2) is 0 Å². The molecule has 0 spiro atoms. The first kappa shape index (κ1) is 12.8. The number of nitriles is 1. The van der Waals surface area contributed by atoms with Crippen molar-refractivity contribution in [2.75, 3.05) is 17.7 Å². The molecule has 0 bridgehead atoms. The van der Waals surface area contributed by atoms with Gasteiger partial charge in [-0.25, -0.2) is 0 Å². The van der Waals surface area contributed by atoms with Crippen LogP contribution >= 0.6 is 0 Å². The van der Waals surface area contributed by atoms with Gasteiger partial charge in [-0.15, -0.1) is 0 Å². The third kappa shape index (κ3) is 2.96. The lowest BCUT2D eigenvalue weighted by Crippen LogP contribution is -2.06. The number of hydrogen-bond acceptors (Lipinski definition) is 5. The zero-order valence-corrected chi connectivity index (χ0v) is 10.6. The molecule has 0 radical (unpaired) electrons. The number of H-pyrrole nitrogens is 1. The van der Waals surface area contributed by atoms with Gasteiger partial charge in [-0.05, 0) is 19.1 Å². The van der Waals surface area contributed by atoms with Crippen molar-refractivity contribution < 1.29 is 4.74 Å². The van der Waals surface area contributed by atoms with Crippen LogP contribution in [0.25, 0.3) is 0 Å². The van der Waals surface area contributed by atoms with Crippen LogP contribution in [0.15, 0.2) is 24.4 Å². The van der Waals surface area contributed by atoms with E-state index >= 15 is 0 Å². The maximum Gasteiger partial charge on any atom is 0.235 e. The Labute approximate surface area is 111 Å². The number of nitrogen functional groups attached to an aromatic ring is 1. The number of hydrogen-bond donors (Lipinski definition) is 3. The van der Waals surface area contributed by atoms with Crippen molar-refractivity contribution in [1.29, 1.82) is 5.26 Å². The lowest BCUT2D eigenvalue weighted by Gasteiger charge is -2.10. The molecule has 2 heterocycles. The van der Waals surface area contributed by atoms with Crippen LogP contribution in [-0.4, -0.2) is 16.6 Å². The number of ether oxygens (including phenoxy) is 1. The summed E-state index contributed by atoms with van der Waals surface area (Å²) in [7, 11) is 0. The molecule has 2 aromatic heterocycles. The topological polar surface area (TPSA) is 99.8 Å². The molecule has 0 atom stereocenters. The van der Waals surface area contributed by atoms with Crippen molar-refractivity contribution in [3.05, 3.63) is 35.7 Å². The van der Waals surface area contributed by atoms with E-state index in [1.807, 2.05) is 31.3 Å². The van der Waals surface area contributed by atoms with E-state index in [1.54, 1.807) is 6.07 Å². The smallest absolute Gasteiger partial charge is 0.235 e. The molecular formula is C13H15N5O. The molecule has 0 aromatic carbocycles. The molecule has 2 rings (SSSR count). The molecule has 4 N–H and O–H groups in total. The van der Waals surface area contributed by atoms with Gasteiger partial charge >= 0.3 is 0 Å². The van der Waals surface area contributed by atoms with E-state index < -0.39 is 0 Å². The zero-order valence-electron chi connectivity index (χ0n) is 10.6. The van der Waals surface area contributed by atoms with Crippen LogP contribution in [0, 0.1) is 11.3 Å². The maximum absolute atomic E-state index is 9.02. The van der Waals surface area contributed by atoms with Crippen LogP contribution in [0.1, 0.15) is 18.2 Å². The van der Waals surface area contributed by atoms with E-state index in [2.05, 4.69) is 15.3 Å². The van der Waals surface area contributed by atoms with Crippen molar-refractivity contribution in [1.82, 2.24) is 9.97 Å². The molecule has 0 amide bonds. The van der Waals surface area contributed by atoms with Gasteiger partial charge in [0, 0.05) is 18.0 Å². The fourth-order valence-electron chi connectivity index (χ4n) is 1.65. The summed E-state index contributed by atoms with van der Waals surface area (Å²) in [5, 5.41) is 12.1. The van der Waals surface area contributed by atoms with Crippen LogP contribution in [0.4, 0.5) is 11.5 Å². The van der Waals surface area contributed by atoms with Gasteiger partial charge < -0.3 is 20.8 Å². The number of anilines is 2. The van der Waals surface area contributed by atoms with Crippen LogP contribution in [-0.2, 0) is 6.54 Å². The predicted molar refractivity (Wildman–Crippen MR) is 72.7 cm³/mol. The Morgan fingerprint density at radius 3 is 3.05 bits per heavy atom. The molecule has 6 heteroatoms. The average molecular weight is 257 g/mol. The Morgan fingerprint density at radius 2 is 2.42 bits per heavy atom. The minimum atomic E-state index is 0.263. The van der Waals surface area contributed by atoms with Gasteiger partial charge in [0.2, 0.25) is 5.88 Å². The molecule has 0 aliphatic rings. The highest BCUT2D eigenvalue weighted by atomic mass is 16.5. The average Bonchev–Trinajstić information content (AvgIpc) is 2.90. The molecule has 0 unspecified atom stereocenters. The van der Waals surface area contributed by atoms with Crippen molar-refractivity contribution in [3.8, 4) is 11.9 Å². The molecule has 0 saturated carbocycles. The van der Waals surface area contributed by atoms with E-state index in [4.69, 9.17) is 15.7 Å². The molecule has 0 fully saturated rings. The molecule has 0 aliphatic heterocycles. The van der Waals surface area contributed by atoms with Gasteiger partial charge in [-0.3, -0.25) is 0 Å². The molecule has 2 aromatic rings. The third-order valence-electron chi connectivity index (χ3n) is 2.53. The number of aromatic amines is 1. The molecular weight excluding hydrogens is 242 g/mol. The fourth-order valence-corrected chi connectivity index (χ4v) is 1.65. The van der Waals surface area contributed by atoms with Crippen molar-refractivity contribution in [2.45, 2.75) is 13.5 Å². The second kappa shape index (κ2) is 5.78. The summed E-state index contributed by atoms with van der Waals surface area (Å²) in [6, 6.07) is 7.51. The zero-order chi connectivity index (χ0) is 13.7. The first-order valence-corrected chi connectivity index (χ1v) is 5.94. The minimum absolute atomic E-state index is 0.263. The van der Waals surface area contributed by atoms with Gasteiger partial charge in [0.05, 0.1) is 18.8 Å². The number of aromatic nitrogens is 2. The quantitative estimate of drug-likeness (QED) is 0.759. The normalized spacial score (nSPS) is 9.89. The highest BCUT2D eigenvalue weighted by Gasteiger charge is 2.11. The molecule has 6 nitrogen and oxygen atoms in total. The van der Waals surface area contributed by atoms with Gasteiger partial charge in [0.1, 0.15) is 17.5 Å². The van der Waals surface area contributed by atoms with Crippen LogP contribution in [0.5, 0.6) is 5.88 Å². The highest BCUT2D eigenvalue weighted by molar-refractivity contribution is 5.64. The summed E-state index contributed by atoms with van der Waals surface area (Å²) in [6.07, 6.45) is 1.85. The summed E-state index contributed by atoms with van der Waals surface area (Å²) in [5.74, 6) is 0.841. The lowest BCUT2D eigenvalue weighted by atomic mass is 10.2. The van der Waals surface area contributed by atoms with Crippen LogP contribution < -0.4 is 15.8 Å². The summed E-state index contributed by atoms with van der Waals surface area (Å²) < 4.78 is 5.32. The van der Waals surface area contributed by atoms with Gasteiger partial charge in [-0.1, -0.05) is 0 Å². The number of rotatable bonds is 5. The first-order valence-electron chi connectivity index (χ1n) is 5.94. The summed E-state index contributed by atoms with van der Waals surface area (Å²) in [4.78, 5) is 7.32. The van der Waals surface area contributed by atoms with E-state index in [9.17, 15) is 0 Å². The Balaban J connectivity index is 2.19. The molecule has 0 aliphatic carbocycles. The largest absolute Gasteiger partial charge is 0.477 e. The highest BCUT2D eigenvalue weighted by Crippen LogP contribution is 2.25. The van der Waals surface area contributed by atoms with E-state index in [1.165, 1.54) is 0 Å². The lowest BCUT2D eigenvalue weighted by molar-refractivity contribution is 0.326. The SMILES string of the molecule is CCOc1nc(NCc2ccc[nH]2)cc(N)c1C#N. The van der Waals surface area contributed by atoms with Gasteiger partial charge in [0.25, 0.3) is 0 Å². The number of nitrogens with zero attached hydrogens (tertiary/aromatic N) is 2. The second-order valence-corrected chi connectivity index (χ2v) is 3.87. The van der Waals surface area contributed by atoms with Crippen molar-refractivity contribution in [2.24, 2.45) is 0 Å². The monoisotopic (exact) mass is 257 g/mol. The Kier molecular flexibility index (Phi) is 3.88. The minimum Gasteiger partial charge on any atom is -0.477 e. The van der Waals surface area contributed by atoms with E-state index in [0.29, 0.717) is 24.7 Å². The van der Waals surface area contributed by atoms with Crippen molar-refractivity contribution in [3.63, 3.8) is 0 Å².